The van der Waals surface area contributed by atoms with Crippen LogP contribution >= 0.6 is 0 Å². The van der Waals surface area contributed by atoms with Gasteiger partial charge in [0, 0.05) is 26.2 Å². The Morgan fingerprint density at radius 2 is 2.26 bits per heavy atom. The number of hydrogen-bond acceptors (Lipinski definition) is 4. The predicted molar refractivity (Wildman–Crippen MR) is 70.6 cm³/mol. The Morgan fingerprint density at radius 1 is 1.47 bits per heavy atom. The molecule has 0 saturated carbocycles. The van der Waals surface area contributed by atoms with Crippen molar-refractivity contribution in [3.8, 4) is 0 Å². The van der Waals surface area contributed by atoms with E-state index in [2.05, 4.69) is 10.3 Å². The highest BCUT2D eigenvalue weighted by Crippen LogP contribution is 2.07. The van der Waals surface area contributed by atoms with Crippen molar-refractivity contribution in [2.45, 2.75) is 12.8 Å². The number of ether oxygens (including phenoxy) is 1. The van der Waals surface area contributed by atoms with Crippen LogP contribution in [0.5, 0.6) is 0 Å². The van der Waals surface area contributed by atoms with Crippen molar-refractivity contribution < 1.29 is 19.4 Å². The van der Waals surface area contributed by atoms with Crippen LogP contribution in [-0.4, -0.2) is 35.7 Å². The number of amides is 1. The first-order valence-corrected chi connectivity index (χ1v) is 5.78. The average molecular weight is 264 g/mol. The highest BCUT2D eigenvalue weighted by atomic mass is 16.5. The molecule has 0 aliphatic rings. The zero-order chi connectivity index (χ0) is 14.1. The average Bonchev–Trinajstić information content (AvgIpc) is 2.37. The first-order valence-electron chi connectivity index (χ1n) is 5.78. The molecule has 0 bridgehead atoms. The molecule has 1 aromatic rings. The van der Waals surface area contributed by atoms with Gasteiger partial charge in [0.15, 0.2) is 0 Å². The fourth-order valence-electron chi connectivity index (χ4n) is 1.35. The number of aromatic nitrogens is 1. The highest BCUT2D eigenvalue weighted by Gasteiger charge is 2.03. The molecule has 1 heterocycles. The number of pyridine rings is 1. The van der Waals surface area contributed by atoms with Crippen molar-refractivity contribution in [1.82, 2.24) is 4.98 Å². The van der Waals surface area contributed by atoms with Gasteiger partial charge in [-0.05, 0) is 24.6 Å². The molecule has 102 valence electrons. The summed E-state index contributed by atoms with van der Waals surface area (Å²) in [7, 11) is 1.58. The van der Waals surface area contributed by atoms with Crippen LogP contribution in [0.3, 0.4) is 0 Å². The van der Waals surface area contributed by atoms with E-state index < -0.39 is 5.97 Å². The van der Waals surface area contributed by atoms with E-state index in [1.54, 1.807) is 25.3 Å². The number of aliphatic carboxylic acids is 1. The summed E-state index contributed by atoms with van der Waals surface area (Å²) in [4.78, 5) is 26.0. The van der Waals surface area contributed by atoms with Crippen LogP contribution in [0.2, 0.25) is 0 Å². The van der Waals surface area contributed by atoms with Gasteiger partial charge >= 0.3 is 5.97 Å². The summed E-state index contributed by atoms with van der Waals surface area (Å²) in [6.45, 7) is 0.530. The summed E-state index contributed by atoms with van der Waals surface area (Å²) in [6, 6.07) is 4.99. The highest BCUT2D eigenvalue weighted by molar-refractivity contribution is 5.90. The van der Waals surface area contributed by atoms with Crippen LogP contribution < -0.4 is 5.32 Å². The number of carboxylic acid groups (broad SMARTS) is 1. The maximum atomic E-state index is 11.5. The number of anilines is 1. The first kappa shape index (κ1) is 14.8. The molecule has 1 rings (SSSR count). The van der Waals surface area contributed by atoms with Crippen molar-refractivity contribution >= 4 is 23.8 Å². The minimum Gasteiger partial charge on any atom is -0.478 e. The largest absolute Gasteiger partial charge is 0.478 e. The fourth-order valence-corrected chi connectivity index (χ4v) is 1.35. The Hall–Kier alpha value is -2.21. The molecule has 0 spiro atoms. The van der Waals surface area contributed by atoms with Crippen molar-refractivity contribution in [2.24, 2.45) is 0 Å². The Kier molecular flexibility index (Phi) is 6.25. The number of hydrogen-bond donors (Lipinski definition) is 2. The van der Waals surface area contributed by atoms with Crippen LogP contribution in [-0.2, 0) is 14.3 Å². The minimum atomic E-state index is -1.05. The molecule has 1 aromatic heterocycles. The van der Waals surface area contributed by atoms with Gasteiger partial charge in [0.25, 0.3) is 0 Å². The van der Waals surface area contributed by atoms with Gasteiger partial charge in [-0.2, -0.15) is 0 Å². The third-order valence-electron chi connectivity index (χ3n) is 2.19. The number of carboxylic acids is 1. The van der Waals surface area contributed by atoms with Gasteiger partial charge in [-0.25, -0.2) is 9.78 Å². The number of carbonyl (C=O) groups is 2. The summed E-state index contributed by atoms with van der Waals surface area (Å²) in [5, 5.41) is 11.2. The lowest BCUT2D eigenvalue weighted by Crippen LogP contribution is -2.13. The molecule has 0 atom stereocenters. The molecule has 0 aliphatic carbocycles. The third kappa shape index (κ3) is 6.32. The molecule has 0 aromatic carbocycles. The zero-order valence-corrected chi connectivity index (χ0v) is 10.6. The predicted octanol–water partition coefficient (Wildman–Crippen LogP) is 1.54. The van der Waals surface area contributed by atoms with Crippen LogP contribution in [0.1, 0.15) is 18.5 Å². The fraction of sp³-hybridized carbons (Fsp3) is 0.308. The summed E-state index contributed by atoms with van der Waals surface area (Å²) in [5.74, 6) is -0.797. The Labute approximate surface area is 111 Å². The topological polar surface area (TPSA) is 88.5 Å². The number of nitrogens with zero attached hydrogens (tertiary/aromatic N) is 1. The normalized spacial score (nSPS) is 10.6. The van der Waals surface area contributed by atoms with E-state index in [-0.39, 0.29) is 5.91 Å². The standard InChI is InChI=1S/C13H16N2O4/c1-19-9-3-6-12(16)15-11-5-2-4-10(14-11)7-8-13(17)18/h2,4-5,7-8H,3,6,9H2,1H3,(H,17,18)(H,14,15,16). The summed E-state index contributed by atoms with van der Waals surface area (Å²) < 4.78 is 4.86. The second-order valence-corrected chi connectivity index (χ2v) is 3.76. The van der Waals surface area contributed by atoms with Gasteiger partial charge in [-0.3, -0.25) is 4.79 Å². The van der Waals surface area contributed by atoms with E-state index in [0.717, 1.165) is 6.08 Å². The van der Waals surface area contributed by atoms with Gasteiger partial charge in [0.2, 0.25) is 5.91 Å². The minimum absolute atomic E-state index is 0.149. The van der Waals surface area contributed by atoms with E-state index in [9.17, 15) is 9.59 Å². The molecule has 0 fully saturated rings. The Bertz CT molecular complexity index is 471. The Balaban J connectivity index is 2.56. The molecule has 0 saturated heterocycles. The van der Waals surface area contributed by atoms with E-state index in [4.69, 9.17) is 9.84 Å². The zero-order valence-electron chi connectivity index (χ0n) is 10.6. The van der Waals surface area contributed by atoms with Crippen LogP contribution in [0, 0.1) is 0 Å². The molecule has 0 aliphatic heterocycles. The van der Waals surface area contributed by atoms with Gasteiger partial charge in [0.05, 0.1) is 5.69 Å². The SMILES string of the molecule is COCCCC(=O)Nc1cccc(C=CC(=O)O)n1. The van der Waals surface area contributed by atoms with Crippen molar-refractivity contribution in [3.63, 3.8) is 0 Å². The molecular weight excluding hydrogens is 248 g/mol. The number of methoxy groups -OCH3 is 1. The number of carbonyl (C=O) groups excluding carboxylic acids is 1. The summed E-state index contributed by atoms with van der Waals surface area (Å²) in [6.07, 6.45) is 3.35. The lowest BCUT2D eigenvalue weighted by Gasteiger charge is -2.04. The lowest BCUT2D eigenvalue weighted by atomic mass is 10.3. The van der Waals surface area contributed by atoms with Crippen LogP contribution in [0.4, 0.5) is 5.82 Å². The molecule has 2 N–H and O–H groups in total. The smallest absolute Gasteiger partial charge is 0.328 e. The quantitative estimate of drug-likeness (QED) is 0.576. The van der Waals surface area contributed by atoms with Gasteiger partial charge in [0.1, 0.15) is 5.82 Å². The third-order valence-corrected chi connectivity index (χ3v) is 2.19. The molecule has 0 radical (unpaired) electrons. The Morgan fingerprint density at radius 3 is 2.95 bits per heavy atom. The number of nitrogens with one attached hydrogen (secondary N) is 1. The second kappa shape index (κ2) is 7.99. The summed E-state index contributed by atoms with van der Waals surface area (Å²) >= 11 is 0. The van der Waals surface area contributed by atoms with Crippen LogP contribution in [0.15, 0.2) is 24.3 Å². The first-order chi connectivity index (χ1) is 9.11. The molecule has 6 nitrogen and oxygen atoms in total. The van der Waals surface area contributed by atoms with Gasteiger partial charge in [-0.15, -0.1) is 0 Å². The van der Waals surface area contributed by atoms with E-state index >= 15 is 0 Å². The van der Waals surface area contributed by atoms with Crippen molar-refractivity contribution in [1.29, 1.82) is 0 Å². The number of rotatable bonds is 7. The molecule has 6 heteroatoms. The van der Waals surface area contributed by atoms with E-state index in [1.165, 1.54) is 6.08 Å². The van der Waals surface area contributed by atoms with E-state index in [0.29, 0.717) is 31.0 Å². The molecule has 19 heavy (non-hydrogen) atoms. The van der Waals surface area contributed by atoms with Gasteiger partial charge < -0.3 is 15.2 Å². The van der Waals surface area contributed by atoms with Crippen molar-refractivity contribution in [3.05, 3.63) is 30.0 Å². The molecule has 0 unspecified atom stereocenters. The van der Waals surface area contributed by atoms with E-state index in [1.807, 2.05) is 0 Å². The van der Waals surface area contributed by atoms with Crippen LogP contribution in [0.25, 0.3) is 6.08 Å². The molecule has 1 amide bonds. The maximum Gasteiger partial charge on any atom is 0.328 e. The van der Waals surface area contributed by atoms with Crippen molar-refractivity contribution in [2.75, 3.05) is 19.0 Å². The molecular formula is C13H16N2O4. The second-order valence-electron chi connectivity index (χ2n) is 3.76. The van der Waals surface area contributed by atoms with Gasteiger partial charge in [-0.1, -0.05) is 6.07 Å². The lowest BCUT2D eigenvalue weighted by molar-refractivity contribution is -0.131. The summed E-state index contributed by atoms with van der Waals surface area (Å²) in [5.41, 5.74) is 0.470. The monoisotopic (exact) mass is 264 g/mol. The maximum absolute atomic E-state index is 11.5.